The molecule has 1 aliphatic rings. The fraction of sp³-hybridized carbons (Fsp3) is 0.833. The maximum absolute atomic E-state index is 9.73. The molecular formula is C6H11NO. The van der Waals surface area contributed by atoms with E-state index in [2.05, 4.69) is 12.2 Å². The summed E-state index contributed by atoms with van der Waals surface area (Å²) < 4.78 is 0. The topological polar surface area (TPSA) is 29.1 Å². The molecule has 46 valence electrons. The minimum atomic E-state index is 0.769. The summed E-state index contributed by atoms with van der Waals surface area (Å²) in [6.45, 7) is 3.09. The molecule has 0 saturated heterocycles. The van der Waals surface area contributed by atoms with E-state index < -0.39 is 0 Å². The Kier molecular flexibility index (Phi) is 1.51. The third kappa shape index (κ3) is 1.22. The van der Waals surface area contributed by atoms with Crippen LogP contribution in [0.2, 0.25) is 0 Å². The fourth-order valence-corrected chi connectivity index (χ4v) is 0.883. The number of nitrogens with one attached hydrogen (secondary N) is 1. The second kappa shape index (κ2) is 2.16. The van der Waals surface area contributed by atoms with E-state index in [0.717, 1.165) is 24.8 Å². The molecule has 1 fully saturated rings. The van der Waals surface area contributed by atoms with Crippen LogP contribution in [0.3, 0.4) is 0 Å². The highest BCUT2D eigenvalue weighted by atomic mass is 16.1. The van der Waals surface area contributed by atoms with Gasteiger partial charge in [-0.15, -0.1) is 0 Å². The van der Waals surface area contributed by atoms with Gasteiger partial charge in [0.2, 0.25) is 6.41 Å². The molecule has 0 heterocycles. The average molecular weight is 113 g/mol. The predicted octanol–water partition coefficient (Wildman–Crippen LogP) is 0.388. The van der Waals surface area contributed by atoms with Gasteiger partial charge in [-0.3, -0.25) is 4.79 Å². The summed E-state index contributed by atoms with van der Waals surface area (Å²) in [6, 6.07) is 0. The molecule has 1 N–H and O–H groups in total. The molecule has 1 amide bonds. The van der Waals surface area contributed by atoms with E-state index >= 15 is 0 Å². The van der Waals surface area contributed by atoms with Crippen LogP contribution >= 0.6 is 0 Å². The highest BCUT2D eigenvalue weighted by molar-refractivity contribution is 5.45. The fourth-order valence-electron chi connectivity index (χ4n) is 0.883. The molecule has 1 aliphatic carbocycles. The molecule has 2 atom stereocenters. The zero-order chi connectivity index (χ0) is 5.98. The summed E-state index contributed by atoms with van der Waals surface area (Å²) in [4.78, 5) is 9.73. The van der Waals surface area contributed by atoms with Crippen molar-refractivity contribution in [1.82, 2.24) is 5.32 Å². The van der Waals surface area contributed by atoms with E-state index in [1.807, 2.05) is 0 Å². The van der Waals surface area contributed by atoms with Crippen LogP contribution in [0.1, 0.15) is 13.3 Å². The van der Waals surface area contributed by atoms with Gasteiger partial charge in [-0.25, -0.2) is 0 Å². The smallest absolute Gasteiger partial charge is 0.207 e. The molecule has 2 heteroatoms. The average Bonchev–Trinajstić information content (AvgIpc) is 2.42. The van der Waals surface area contributed by atoms with E-state index in [9.17, 15) is 4.79 Å². The third-order valence-electron chi connectivity index (χ3n) is 1.74. The lowest BCUT2D eigenvalue weighted by molar-refractivity contribution is -0.109. The first-order valence-electron chi connectivity index (χ1n) is 3.01. The van der Waals surface area contributed by atoms with Crippen LogP contribution in [0.4, 0.5) is 0 Å². The van der Waals surface area contributed by atoms with Crippen molar-refractivity contribution in [2.75, 3.05) is 6.54 Å². The van der Waals surface area contributed by atoms with E-state index in [1.165, 1.54) is 6.42 Å². The molecule has 0 bridgehead atoms. The summed E-state index contributed by atoms with van der Waals surface area (Å²) in [5.74, 6) is 1.63. The number of amides is 1. The Balaban J connectivity index is 1.97. The Hall–Kier alpha value is -0.530. The summed E-state index contributed by atoms with van der Waals surface area (Å²) in [5, 5.41) is 2.66. The molecule has 2 unspecified atom stereocenters. The van der Waals surface area contributed by atoms with Gasteiger partial charge in [-0.05, 0) is 18.3 Å². The summed E-state index contributed by atoms with van der Waals surface area (Å²) in [6.07, 6.45) is 2.06. The van der Waals surface area contributed by atoms with Gasteiger partial charge < -0.3 is 5.32 Å². The Bertz CT molecular complexity index is 92.5. The number of hydrogen-bond donors (Lipinski definition) is 1. The van der Waals surface area contributed by atoms with Crippen molar-refractivity contribution >= 4 is 6.41 Å². The van der Waals surface area contributed by atoms with E-state index in [1.54, 1.807) is 0 Å². The second-order valence-corrected chi connectivity index (χ2v) is 2.50. The standard InChI is InChI=1S/C6H11NO/c1-5-2-6(5)3-7-4-8/h4-6H,2-3H2,1H3,(H,7,8). The molecule has 0 aromatic rings. The highest BCUT2D eigenvalue weighted by Crippen LogP contribution is 2.36. The molecule has 0 aliphatic heterocycles. The summed E-state index contributed by atoms with van der Waals surface area (Å²) >= 11 is 0. The van der Waals surface area contributed by atoms with Crippen LogP contribution in [0, 0.1) is 11.8 Å². The minimum absolute atomic E-state index is 0.769. The molecule has 0 radical (unpaired) electrons. The normalized spacial score (nSPS) is 34.1. The van der Waals surface area contributed by atoms with Gasteiger partial charge in [0.15, 0.2) is 0 Å². The predicted molar refractivity (Wildman–Crippen MR) is 31.3 cm³/mol. The Labute approximate surface area is 49.3 Å². The number of hydrogen-bond acceptors (Lipinski definition) is 1. The molecule has 8 heavy (non-hydrogen) atoms. The van der Waals surface area contributed by atoms with Crippen molar-refractivity contribution in [3.63, 3.8) is 0 Å². The number of carbonyl (C=O) groups excluding carboxylic acids is 1. The molecule has 0 aromatic heterocycles. The lowest BCUT2D eigenvalue weighted by atomic mass is 10.3. The van der Waals surface area contributed by atoms with E-state index in [0.29, 0.717) is 0 Å². The summed E-state index contributed by atoms with van der Waals surface area (Å²) in [7, 11) is 0. The monoisotopic (exact) mass is 113 g/mol. The van der Waals surface area contributed by atoms with Crippen LogP contribution < -0.4 is 5.32 Å². The SMILES string of the molecule is CC1CC1CNC=O. The minimum Gasteiger partial charge on any atom is -0.358 e. The molecule has 0 aromatic carbocycles. The van der Waals surface area contributed by atoms with E-state index in [-0.39, 0.29) is 0 Å². The molecular weight excluding hydrogens is 102 g/mol. The molecule has 2 nitrogen and oxygen atoms in total. The van der Waals surface area contributed by atoms with E-state index in [4.69, 9.17) is 0 Å². The lowest BCUT2D eigenvalue weighted by Crippen LogP contribution is -2.14. The van der Waals surface area contributed by atoms with Crippen LogP contribution in [0.15, 0.2) is 0 Å². The van der Waals surface area contributed by atoms with Crippen molar-refractivity contribution in [1.29, 1.82) is 0 Å². The van der Waals surface area contributed by atoms with Gasteiger partial charge in [-0.1, -0.05) is 6.92 Å². The quantitative estimate of drug-likeness (QED) is 0.527. The van der Waals surface area contributed by atoms with Crippen molar-refractivity contribution in [2.45, 2.75) is 13.3 Å². The first kappa shape index (κ1) is 5.60. The largest absolute Gasteiger partial charge is 0.358 e. The van der Waals surface area contributed by atoms with Crippen molar-refractivity contribution < 1.29 is 4.79 Å². The van der Waals surface area contributed by atoms with Gasteiger partial charge in [-0.2, -0.15) is 0 Å². The zero-order valence-corrected chi connectivity index (χ0v) is 5.05. The molecule has 1 rings (SSSR count). The van der Waals surface area contributed by atoms with Gasteiger partial charge in [0, 0.05) is 6.54 Å². The summed E-state index contributed by atoms with van der Waals surface area (Å²) in [5.41, 5.74) is 0. The molecule has 0 spiro atoms. The highest BCUT2D eigenvalue weighted by Gasteiger charge is 2.31. The third-order valence-corrected chi connectivity index (χ3v) is 1.74. The maximum Gasteiger partial charge on any atom is 0.207 e. The number of carbonyl (C=O) groups is 1. The van der Waals surface area contributed by atoms with Gasteiger partial charge in [0.1, 0.15) is 0 Å². The van der Waals surface area contributed by atoms with Crippen LogP contribution in [-0.2, 0) is 4.79 Å². The van der Waals surface area contributed by atoms with Crippen molar-refractivity contribution in [3.05, 3.63) is 0 Å². The Morgan fingerprint density at radius 2 is 2.50 bits per heavy atom. The van der Waals surface area contributed by atoms with Crippen LogP contribution in [0.5, 0.6) is 0 Å². The van der Waals surface area contributed by atoms with Crippen molar-refractivity contribution in [3.8, 4) is 0 Å². The number of rotatable bonds is 3. The lowest BCUT2D eigenvalue weighted by Gasteiger charge is -1.91. The maximum atomic E-state index is 9.73. The van der Waals surface area contributed by atoms with Gasteiger partial charge in [0.05, 0.1) is 0 Å². The first-order valence-corrected chi connectivity index (χ1v) is 3.01. The van der Waals surface area contributed by atoms with Crippen molar-refractivity contribution in [2.24, 2.45) is 11.8 Å². The Morgan fingerprint density at radius 3 is 2.88 bits per heavy atom. The second-order valence-electron chi connectivity index (χ2n) is 2.50. The van der Waals surface area contributed by atoms with Gasteiger partial charge in [0.25, 0.3) is 0 Å². The zero-order valence-electron chi connectivity index (χ0n) is 5.05. The molecule has 1 saturated carbocycles. The first-order chi connectivity index (χ1) is 3.84. The van der Waals surface area contributed by atoms with Crippen LogP contribution in [0.25, 0.3) is 0 Å². The van der Waals surface area contributed by atoms with Gasteiger partial charge >= 0.3 is 0 Å². The van der Waals surface area contributed by atoms with Crippen LogP contribution in [-0.4, -0.2) is 13.0 Å². The Morgan fingerprint density at radius 1 is 1.88 bits per heavy atom.